The van der Waals surface area contributed by atoms with Gasteiger partial charge in [-0.2, -0.15) is 0 Å². The molecule has 86 heavy (non-hydrogen) atoms. The third-order valence-corrected chi connectivity index (χ3v) is 15.4. The molecule has 0 heterocycles. The molecule has 0 aromatic rings. The van der Waals surface area contributed by atoms with Gasteiger partial charge in [-0.3, -0.25) is 9.36 Å². The van der Waals surface area contributed by atoms with E-state index in [4.69, 9.17) is 9.05 Å². The van der Waals surface area contributed by atoms with Crippen molar-refractivity contribution in [3.05, 3.63) is 170 Å². The zero-order valence-electron chi connectivity index (χ0n) is 55.7. The average Bonchev–Trinajstić information content (AvgIpc) is 3.70. The maximum atomic E-state index is 13.0. The van der Waals surface area contributed by atoms with Crippen molar-refractivity contribution in [2.75, 3.05) is 40.9 Å². The standard InChI is InChI=1S/C77H129N2O6P/c1-6-8-10-12-14-16-18-20-22-24-26-28-30-32-33-34-35-36-37-38-39-40-41-42-43-44-45-47-49-51-53-55-57-59-61-63-65-67-69-71-77(81)78-75(74-85-86(82,83)84-73-72-79(3,4)5)76(80)70-68-66-64-62-60-58-56-54-52-50-48-46-31-29-27-25-23-21-19-17-15-13-11-9-7-2/h8,10,14,16,20,22,26,28,32-33,35-36,38-39,41-42,44-45,49,51-52,54-55,57,60,62,68,70,75-76,80H,6-7,9,11-13,15,17-19,21,23-25,27,29-31,34,37,40,43,46-48,50,53,56,58-59,61,63-67,69,71-74H2,1-5H3,(H-,78,81,82,83)/b10-8-,16-14-,22-20-,28-26-,33-32-,36-35-,39-38-,42-41-,45-44-,51-49-,54-52+,57-55-,62-60+,70-68+. The molecule has 0 aliphatic heterocycles. The maximum absolute atomic E-state index is 13.0. The number of aliphatic hydroxyl groups is 1. The fraction of sp³-hybridized carbons (Fsp3) is 0.623. The van der Waals surface area contributed by atoms with Gasteiger partial charge in [0, 0.05) is 6.42 Å². The van der Waals surface area contributed by atoms with E-state index in [1.807, 2.05) is 27.2 Å². The molecule has 0 radical (unpaired) electrons. The predicted octanol–water partition coefficient (Wildman–Crippen LogP) is 21.7. The van der Waals surface area contributed by atoms with Gasteiger partial charge in [0.2, 0.25) is 5.91 Å². The molecule has 0 aromatic carbocycles. The number of carbonyl (C=O) groups is 1. The molecule has 0 saturated heterocycles. The van der Waals surface area contributed by atoms with Crippen LogP contribution in [0.1, 0.15) is 258 Å². The Morgan fingerprint density at radius 3 is 1.08 bits per heavy atom. The summed E-state index contributed by atoms with van der Waals surface area (Å²) in [6.45, 7) is 4.49. The van der Waals surface area contributed by atoms with Gasteiger partial charge >= 0.3 is 0 Å². The molecule has 0 saturated carbocycles. The van der Waals surface area contributed by atoms with Gasteiger partial charge < -0.3 is 28.8 Å². The molecule has 488 valence electrons. The Hall–Kier alpha value is -4.14. The molecular weight excluding hydrogens is 1080 g/mol. The summed E-state index contributed by atoms with van der Waals surface area (Å²) in [5.41, 5.74) is 0. The summed E-state index contributed by atoms with van der Waals surface area (Å²) in [6, 6.07) is -0.935. The van der Waals surface area contributed by atoms with Gasteiger partial charge in [0.25, 0.3) is 7.82 Å². The molecule has 2 N–H and O–H groups in total. The smallest absolute Gasteiger partial charge is 0.268 e. The second-order valence-electron chi connectivity index (χ2n) is 23.8. The highest BCUT2D eigenvalue weighted by atomic mass is 31.2. The van der Waals surface area contributed by atoms with Gasteiger partial charge in [-0.15, -0.1) is 0 Å². The lowest BCUT2D eigenvalue weighted by Gasteiger charge is -2.29. The summed E-state index contributed by atoms with van der Waals surface area (Å²) in [5.74, 6) is -0.236. The normalized spacial score (nSPS) is 14.7. The Kier molecular flexibility index (Phi) is 62.2. The number of carbonyl (C=O) groups excluding carboxylic acids is 1. The largest absolute Gasteiger partial charge is 0.756 e. The van der Waals surface area contributed by atoms with Gasteiger partial charge in [-0.1, -0.05) is 293 Å². The lowest BCUT2D eigenvalue weighted by Crippen LogP contribution is -2.45. The molecule has 0 bridgehead atoms. The Morgan fingerprint density at radius 1 is 0.419 bits per heavy atom. The number of allylic oxidation sites excluding steroid dienone is 27. The number of amides is 1. The van der Waals surface area contributed by atoms with E-state index in [1.165, 1.54) is 103 Å². The van der Waals surface area contributed by atoms with Crippen LogP contribution < -0.4 is 10.2 Å². The summed E-state index contributed by atoms with van der Waals surface area (Å²) in [6.07, 6.45) is 103. The van der Waals surface area contributed by atoms with Gasteiger partial charge in [-0.25, -0.2) is 0 Å². The van der Waals surface area contributed by atoms with Gasteiger partial charge in [0.05, 0.1) is 39.9 Å². The molecule has 0 fully saturated rings. The van der Waals surface area contributed by atoms with E-state index < -0.39 is 26.6 Å². The Labute approximate surface area is 530 Å². The van der Waals surface area contributed by atoms with Crippen LogP contribution in [0.25, 0.3) is 0 Å². The molecule has 1 amide bonds. The van der Waals surface area contributed by atoms with Crippen LogP contribution in [0.2, 0.25) is 0 Å². The molecule has 9 heteroatoms. The lowest BCUT2D eigenvalue weighted by atomic mass is 10.0. The molecular formula is C77H129N2O6P. The number of likely N-dealkylation sites (N-methyl/N-ethyl adjacent to an activating group) is 1. The summed E-state index contributed by atoms with van der Waals surface area (Å²) >= 11 is 0. The van der Waals surface area contributed by atoms with E-state index in [0.29, 0.717) is 17.4 Å². The molecule has 0 aromatic heterocycles. The van der Waals surface area contributed by atoms with Crippen molar-refractivity contribution in [1.29, 1.82) is 0 Å². The van der Waals surface area contributed by atoms with Crippen molar-refractivity contribution >= 4 is 13.7 Å². The fourth-order valence-corrected chi connectivity index (χ4v) is 9.80. The highest BCUT2D eigenvalue weighted by Gasteiger charge is 2.23. The SMILES string of the molecule is CC/C=C\C/C=C\C/C=C\C/C=C\C/C=C\C/C=C\C/C=C\C/C=C\C/C=C\C/C=C\C/C=C\CCCCCCCC(=O)NC(COP(=O)([O-])OCC[N+](C)(C)C)C(O)/C=C/CC/C=C/CC/C=C/CCCCCCCCCCCCCCCCC. The average molecular weight is 1210 g/mol. The third kappa shape index (κ3) is 67.4. The third-order valence-electron chi connectivity index (χ3n) is 14.4. The number of nitrogens with one attached hydrogen (secondary N) is 1. The number of phosphoric ester groups is 1. The number of rotatable bonds is 61. The van der Waals surface area contributed by atoms with Crippen LogP contribution >= 0.6 is 7.82 Å². The predicted molar refractivity (Wildman–Crippen MR) is 375 cm³/mol. The number of phosphoric acid groups is 1. The Bertz CT molecular complexity index is 2010. The van der Waals surface area contributed by atoms with Crippen LogP contribution in [-0.2, 0) is 18.4 Å². The summed E-state index contributed by atoms with van der Waals surface area (Å²) < 4.78 is 23.4. The van der Waals surface area contributed by atoms with E-state index >= 15 is 0 Å². The molecule has 8 nitrogen and oxygen atoms in total. The van der Waals surface area contributed by atoms with Crippen molar-refractivity contribution in [2.45, 2.75) is 270 Å². The second kappa shape index (κ2) is 65.3. The topological polar surface area (TPSA) is 108 Å². The first-order valence-electron chi connectivity index (χ1n) is 34.5. The Balaban J connectivity index is 4.27. The molecule has 3 atom stereocenters. The van der Waals surface area contributed by atoms with Crippen molar-refractivity contribution in [3.8, 4) is 0 Å². The second-order valence-corrected chi connectivity index (χ2v) is 25.2. The first-order chi connectivity index (χ1) is 42.0. The highest BCUT2D eigenvalue weighted by molar-refractivity contribution is 7.45. The van der Waals surface area contributed by atoms with E-state index in [0.717, 1.165) is 135 Å². The minimum Gasteiger partial charge on any atom is -0.756 e. The van der Waals surface area contributed by atoms with E-state index in [2.05, 4.69) is 177 Å². The molecule has 0 aliphatic rings. The van der Waals surface area contributed by atoms with Crippen molar-refractivity contribution in [2.24, 2.45) is 0 Å². The number of quaternary nitrogens is 1. The number of hydrogen-bond acceptors (Lipinski definition) is 6. The van der Waals surface area contributed by atoms with Crippen LogP contribution in [0.15, 0.2) is 170 Å². The van der Waals surface area contributed by atoms with Crippen LogP contribution in [0, 0.1) is 0 Å². The van der Waals surface area contributed by atoms with Crippen LogP contribution in [0.5, 0.6) is 0 Å². The summed E-state index contributed by atoms with van der Waals surface area (Å²) in [5, 5.41) is 13.9. The highest BCUT2D eigenvalue weighted by Crippen LogP contribution is 2.38. The van der Waals surface area contributed by atoms with E-state index in [1.54, 1.807) is 6.08 Å². The van der Waals surface area contributed by atoms with E-state index in [9.17, 15) is 19.4 Å². The quantitative estimate of drug-likeness (QED) is 0.0272. The number of nitrogens with zero attached hydrogens (tertiary/aromatic N) is 1. The van der Waals surface area contributed by atoms with Crippen molar-refractivity contribution < 1.29 is 32.9 Å². The lowest BCUT2D eigenvalue weighted by molar-refractivity contribution is -0.870. The molecule has 0 aliphatic carbocycles. The zero-order chi connectivity index (χ0) is 62.6. The maximum Gasteiger partial charge on any atom is 0.268 e. The van der Waals surface area contributed by atoms with Crippen LogP contribution in [-0.4, -0.2) is 68.5 Å². The monoisotopic (exact) mass is 1210 g/mol. The minimum absolute atomic E-state index is 0.0223. The molecule has 0 rings (SSSR count). The van der Waals surface area contributed by atoms with Crippen LogP contribution in [0.4, 0.5) is 0 Å². The van der Waals surface area contributed by atoms with Crippen molar-refractivity contribution in [3.63, 3.8) is 0 Å². The van der Waals surface area contributed by atoms with Crippen LogP contribution in [0.3, 0.4) is 0 Å². The van der Waals surface area contributed by atoms with Gasteiger partial charge in [0.1, 0.15) is 13.2 Å². The summed E-state index contributed by atoms with van der Waals surface area (Å²) in [4.78, 5) is 25.6. The van der Waals surface area contributed by atoms with E-state index in [-0.39, 0.29) is 12.5 Å². The molecule has 0 spiro atoms. The summed E-state index contributed by atoms with van der Waals surface area (Å²) in [7, 11) is 1.20. The van der Waals surface area contributed by atoms with Gasteiger partial charge in [0.15, 0.2) is 0 Å². The number of hydrogen-bond donors (Lipinski definition) is 2. The van der Waals surface area contributed by atoms with Crippen molar-refractivity contribution in [1.82, 2.24) is 5.32 Å². The first-order valence-corrected chi connectivity index (χ1v) is 36.0. The minimum atomic E-state index is -4.63. The number of aliphatic hydroxyl groups excluding tert-OH is 1. The molecule has 3 unspecified atom stereocenters. The number of unbranched alkanes of at least 4 members (excludes halogenated alkanes) is 22. The Morgan fingerprint density at radius 2 is 0.721 bits per heavy atom. The fourth-order valence-electron chi connectivity index (χ4n) is 9.07. The zero-order valence-corrected chi connectivity index (χ0v) is 56.6. The van der Waals surface area contributed by atoms with Gasteiger partial charge in [-0.05, 0) is 128 Å². The first kappa shape index (κ1) is 81.9.